The molecule has 1 unspecified atom stereocenters. The minimum absolute atomic E-state index is 0.0567. The van der Waals surface area contributed by atoms with Crippen molar-refractivity contribution in [3.05, 3.63) is 76.3 Å². The van der Waals surface area contributed by atoms with Gasteiger partial charge in [-0.2, -0.15) is 0 Å². The van der Waals surface area contributed by atoms with Gasteiger partial charge in [-0.1, -0.05) is 29.8 Å². The fraction of sp³-hybridized carbons (Fsp3) is 0.280. The van der Waals surface area contributed by atoms with Crippen molar-refractivity contribution in [2.45, 2.75) is 32.5 Å². The summed E-state index contributed by atoms with van der Waals surface area (Å²) in [6.45, 7) is 3.74. The van der Waals surface area contributed by atoms with Crippen LogP contribution in [0.2, 0.25) is 5.02 Å². The molecule has 1 atom stereocenters. The number of imidazole rings is 1. The van der Waals surface area contributed by atoms with E-state index in [1.165, 1.54) is 22.9 Å². The van der Waals surface area contributed by atoms with Crippen LogP contribution in [0.1, 0.15) is 39.0 Å². The van der Waals surface area contributed by atoms with Gasteiger partial charge in [-0.15, -0.1) is 0 Å². The number of aryl methyl sites for hydroxylation is 1. The molecule has 0 fully saturated rings. The van der Waals surface area contributed by atoms with E-state index in [9.17, 15) is 14.4 Å². The number of nitrogens with one attached hydrogen (secondary N) is 1. The Morgan fingerprint density at radius 1 is 1.20 bits per heavy atom. The van der Waals surface area contributed by atoms with Crippen molar-refractivity contribution < 1.29 is 23.9 Å². The fourth-order valence-corrected chi connectivity index (χ4v) is 4.56. The number of fused-ring (bicyclic) bond motifs is 1. The average molecular weight is 497 g/mol. The molecule has 1 aromatic heterocycles. The van der Waals surface area contributed by atoms with E-state index < -0.39 is 17.4 Å². The number of para-hydroxylation sites is 1. The van der Waals surface area contributed by atoms with Crippen LogP contribution in [0.5, 0.6) is 5.75 Å². The second kappa shape index (κ2) is 9.42. The number of aromatic nitrogens is 2. The van der Waals surface area contributed by atoms with Crippen LogP contribution < -0.4 is 15.0 Å². The van der Waals surface area contributed by atoms with Gasteiger partial charge in [0.25, 0.3) is 5.91 Å². The molecule has 35 heavy (non-hydrogen) atoms. The summed E-state index contributed by atoms with van der Waals surface area (Å²) in [5, 5.41) is 3.44. The molecule has 3 aromatic rings. The fourth-order valence-electron chi connectivity index (χ4n) is 4.34. The number of carbonyl (C=O) groups is 3. The number of halogens is 1. The van der Waals surface area contributed by atoms with Crippen LogP contribution in [0, 0.1) is 6.92 Å². The number of esters is 1. The molecule has 0 bridgehead atoms. The smallest absolute Gasteiger partial charge is 0.359 e. The number of benzene rings is 2. The van der Waals surface area contributed by atoms with Gasteiger partial charge in [0.2, 0.25) is 5.91 Å². The van der Waals surface area contributed by atoms with Crippen LogP contribution in [0.4, 0.5) is 5.69 Å². The number of amides is 2. The summed E-state index contributed by atoms with van der Waals surface area (Å²) < 4.78 is 11.7. The van der Waals surface area contributed by atoms with E-state index in [2.05, 4.69) is 10.3 Å². The van der Waals surface area contributed by atoms with Crippen LogP contribution in [0.15, 0.2) is 48.8 Å². The van der Waals surface area contributed by atoms with Crippen molar-refractivity contribution in [2.75, 3.05) is 19.1 Å². The van der Waals surface area contributed by atoms with Crippen molar-refractivity contribution in [2.24, 2.45) is 0 Å². The van der Waals surface area contributed by atoms with E-state index in [1.54, 1.807) is 39.2 Å². The number of methoxy groups -OCH3 is 2. The van der Waals surface area contributed by atoms with Crippen LogP contribution in [0.3, 0.4) is 0 Å². The van der Waals surface area contributed by atoms with E-state index in [0.29, 0.717) is 22.0 Å². The Morgan fingerprint density at radius 3 is 2.63 bits per heavy atom. The molecule has 4 rings (SSSR count). The normalized spacial score (nSPS) is 17.1. The van der Waals surface area contributed by atoms with Gasteiger partial charge in [0.15, 0.2) is 5.69 Å². The monoisotopic (exact) mass is 496 g/mol. The second-order valence-electron chi connectivity index (χ2n) is 8.40. The Morgan fingerprint density at radius 2 is 1.94 bits per heavy atom. The number of hydrogen-bond donors (Lipinski definition) is 1. The van der Waals surface area contributed by atoms with Gasteiger partial charge in [-0.3, -0.25) is 14.5 Å². The third-order valence-electron chi connectivity index (χ3n) is 6.11. The van der Waals surface area contributed by atoms with E-state index in [1.807, 2.05) is 24.3 Å². The number of anilines is 1. The molecule has 1 aliphatic heterocycles. The summed E-state index contributed by atoms with van der Waals surface area (Å²) >= 11 is 6.15. The molecule has 0 saturated heterocycles. The number of ether oxygens (including phenoxy) is 2. The summed E-state index contributed by atoms with van der Waals surface area (Å²) in [5.74, 6) is -1.02. The largest absolute Gasteiger partial charge is 0.496 e. The molecular weight excluding hydrogens is 472 g/mol. The van der Waals surface area contributed by atoms with Crippen LogP contribution in [-0.4, -0.2) is 47.1 Å². The van der Waals surface area contributed by atoms with Gasteiger partial charge in [-0.05, 0) is 43.7 Å². The zero-order valence-corrected chi connectivity index (χ0v) is 20.5. The zero-order valence-electron chi connectivity index (χ0n) is 19.8. The lowest BCUT2D eigenvalue weighted by Gasteiger charge is -2.44. The first kappa shape index (κ1) is 24.3. The maximum atomic E-state index is 13.9. The molecule has 1 N–H and O–H groups in total. The lowest BCUT2D eigenvalue weighted by atomic mass is 9.92. The minimum atomic E-state index is -1.35. The van der Waals surface area contributed by atoms with Crippen molar-refractivity contribution in [3.63, 3.8) is 0 Å². The minimum Gasteiger partial charge on any atom is -0.496 e. The van der Waals surface area contributed by atoms with Crippen LogP contribution in [0.25, 0.3) is 0 Å². The summed E-state index contributed by atoms with van der Waals surface area (Å²) in [4.78, 5) is 45.4. The highest BCUT2D eigenvalue weighted by Crippen LogP contribution is 2.36. The first-order valence-electron chi connectivity index (χ1n) is 10.9. The third kappa shape index (κ3) is 4.23. The highest BCUT2D eigenvalue weighted by Gasteiger charge is 2.50. The predicted molar refractivity (Wildman–Crippen MR) is 130 cm³/mol. The zero-order chi connectivity index (χ0) is 25.3. The lowest BCUT2D eigenvalue weighted by Crippen LogP contribution is -2.64. The highest BCUT2D eigenvalue weighted by molar-refractivity contribution is 6.30. The highest BCUT2D eigenvalue weighted by atomic mass is 35.5. The summed E-state index contributed by atoms with van der Waals surface area (Å²) in [6.07, 6.45) is 1.37. The lowest BCUT2D eigenvalue weighted by molar-refractivity contribution is -0.126. The summed E-state index contributed by atoms with van der Waals surface area (Å²) in [7, 11) is 2.78. The number of nitrogens with zero attached hydrogens (tertiary/aromatic N) is 3. The molecular formula is C25H25ClN4O5. The first-order chi connectivity index (χ1) is 16.7. The summed E-state index contributed by atoms with van der Waals surface area (Å²) in [5.41, 5.74) is 0.588. The number of rotatable bonds is 6. The molecule has 2 amide bonds. The number of carbonyl (C=O) groups excluding carboxylic acids is 3. The average Bonchev–Trinajstić information content (AvgIpc) is 3.27. The molecule has 1 aliphatic rings. The SMILES string of the molecule is COC(=O)c1ncn2c1C(=O)N(c1ccc(Cl)cc1C)C(C)(C(=O)NCc1ccccc1OC)C2. The molecule has 2 heterocycles. The molecule has 0 spiro atoms. The molecule has 0 radical (unpaired) electrons. The maximum Gasteiger partial charge on any atom is 0.359 e. The quantitative estimate of drug-likeness (QED) is 0.525. The standard InChI is InChI=1S/C25H25ClN4O5/c1-15-11-17(26)9-10-18(15)30-22(31)21-20(23(32)35-4)28-14-29(21)13-25(30,2)24(33)27-12-16-7-5-6-8-19(16)34-3/h5-11,14H,12-13H2,1-4H3,(H,27,33). The van der Waals surface area contributed by atoms with Gasteiger partial charge in [0.05, 0.1) is 27.1 Å². The second-order valence-corrected chi connectivity index (χ2v) is 8.84. The Balaban J connectivity index is 1.78. The maximum absolute atomic E-state index is 13.9. The van der Waals surface area contributed by atoms with Crippen molar-refractivity contribution in [1.29, 1.82) is 0 Å². The molecule has 182 valence electrons. The Kier molecular flexibility index (Phi) is 6.53. The topological polar surface area (TPSA) is 103 Å². The van der Waals surface area contributed by atoms with Gasteiger partial charge >= 0.3 is 5.97 Å². The third-order valence-corrected chi connectivity index (χ3v) is 6.35. The van der Waals surface area contributed by atoms with Crippen LogP contribution >= 0.6 is 11.6 Å². The number of hydrogen-bond acceptors (Lipinski definition) is 6. The Bertz CT molecular complexity index is 1320. The van der Waals surface area contributed by atoms with Crippen molar-refractivity contribution in [1.82, 2.24) is 14.9 Å². The predicted octanol–water partition coefficient (Wildman–Crippen LogP) is 3.38. The van der Waals surface area contributed by atoms with E-state index in [4.69, 9.17) is 21.1 Å². The van der Waals surface area contributed by atoms with Gasteiger partial charge in [-0.25, -0.2) is 9.78 Å². The summed E-state index contributed by atoms with van der Waals surface area (Å²) in [6, 6.07) is 12.4. The first-order valence-corrected chi connectivity index (χ1v) is 11.2. The Labute approximate surface area is 207 Å². The van der Waals surface area contributed by atoms with E-state index in [0.717, 1.165) is 5.56 Å². The van der Waals surface area contributed by atoms with Gasteiger partial charge in [0, 0.05) is 22.8 Å². The molecule has 0 aliphatic carbocycles. The van der Waals surface area contributed by atoms with Crippen LogP contribution in [-0.2, 0) is 22.6 Å². The molecule has 0 saturated carbocycles. The molecule has 10 heteroatoms. The van der Waals surface area contributed by atoms with E-state index in [-0.39, 0.29) is 30.4 Å². The van der Waals surface area contributed by atoms with E-state index >= 15 is 0 Å². The molecule has 2 aromatic carbocycles. The van der Waals surface area contributed by atoms with Crippen molar-refractivity contribution in [3.8, 4) is 5.75 Å². The Hall–Kier alpha value is -3.85. The van der Waals surface area contributed by atoms with Crippen molar-refractivity contribution >= 4 is 35.1 Å². The molecule has 9 nitrogen and oxygen atoms in total. The van der Waals surface area contributed by atoms with Gasteiger partial charge < -0.3 is 19.4 Å². The van der Waals surface area contributed by atoms with Gasteiger partial charge in [0.1, 0.15) is 17.0 Å².